The maximum absolute atomic E-state index is 13.1. The number of carbonyl (C=O) groups is 1. The largest absolute Gasteiger partial charge is 0.480 e. The first kappa shape index (κ1) is 14.6. The second-order valence-electron chi connectivity index (χ2n) is 3.72. The van der Waals surface area contributed by atoms with Crippen LogP contribution in [0, 0.1) is 9.39 Å². The second-order valence-corrected chi connectivity index (χ2v) is 4.89. The number of aromatic nitrogens is 2. The highest BCUT2D eigenvalue weighted by Gasteiger charge is 2.20. The molecule has 2 aromatic rings. The summed E-state index contributed by atoms with van der Waals surface area (Å²) in [7, 11) is 2.82. The van der Waals surface area contributed by atoms with E-state index < -0.39 is 5.82 Å². The molecule has 104 valence electrons. The van der Waals surface area contributed by atoms with Crippen LogP contribution in [0.25, 0.3) is 0 Å². The summed E-state index contributed by atoms with van der Waals surface area (Å²) in [5.74, 6) is -0.484. The molecule has 0 unspecified atom stereocenters. The van der Waals surface area contributed by atoms with Crippen molar-refractivity contribution in [1.29, 1.82) is 0 Å². The topological polar surface area (TPSA) is 61.3 Å². The van der Waals surface area contributed by atoms with Crippen LogP contribution in [0.1, 0.15) is 16.1 Å². The van der Waals surface area contributed by atoms with Crippen LogP contribution >= 0.6 is 22.6 Å². The van der Waals surface area contributed by atoms with E-state index in [1.807, 2.05) is 22.6 Å². The number of methoxy groups -OCH3 is 2. The van der Waals surface area contributed by atoms with E-state index in [4.69, 9.17) is 9.47 Å². The number of rotatable bonds is 4. The third-order valence-electron chi connectivity index (χ3n) is 2.51. The highest BCUT2D eigenvalue weighted by molar-refractivity contribution is 14.1. The van der Waals surface area contributed by atoms with Gasteiger partial charge in [0, 0.05) is 9.13 Å². The third kappa shape index (κ3) is 2.87. The van der Waals surface area contributed by atoms with Gasteiger partial charge in [0.25, 0.3) is 0 Å². The summed E-state index contributed by atoms with van der Waals surface area (Å²) in [5.41, 5.74) is 0.391. The second kappa shape index (κ2) is 6.12. The lowest BCUT2D eigenvalue weighted by Gasteiger charge is -2.08. The summed E-state index contributed by atoms with van der Waals surface area (Å²) < 4.78 is 23.5. The number of halogens is 2. The molecule has 1 heterocycles. The Balaban J connectivity index is 2.47. The van der Waals surface area contributed by atoms with Gasteiger partial charge in [0.15, 0.2) is 5.69 Å². The molecular weight excluding hydrogens is 378 g/mol. The minimum atomic E-state index is -0.404. The van der Waals surface area contributed by atoms with Crippen LogP contribution in [0.5, 0.6) is 11.8 Å². The predicted molar refractivity (Wildman–Crippen MR) is 77.7 cm³/mol. The number of hydrogen-bond acceptors (Lipinski definition) is 5. The molecule has 0 aliphatic heterocycles. The standard InChI is InChI=1S/C13H10FIN2O3/c1-19-10-6-16-11(13(17-10)20-2)12(18)8-4-3-7(14)5-9(8)15/h3-6H,1-2H3. The molecule has 0 atom stereocenters. The molecule has 0 fully saturated rings. The molecule has 7 heteroatoms. The van der Waals surface area contributed by atoms with E-state index in [2.05, 4.69) is 9.97 Å². The van der Waals surface area contributed by atoms with Crippen molar-refractivity contribution in [2.45, 2.75) is 0 Å². The molecule has 0 bridgehead atoms. The van der Waals surface area contributed by atoms with Gasteiger partial charge >= 0.3 is 0 Å². The van der Waals surface area contributed by atoms with Crippen molar-refractivity contribution in [3.63, 3.8) is 0 Å². The SMILES string of the molecule is COc1cnc(C(=O)c2ccc(F)cc2I)c(OC)n1. The molecule has 0 aliphatic carbocycles. The normalized spacial score (nSPS) is 10.2. The first-order valence-corrected chi connectivity index (χ1v) is 6.59. The fourth-order valence-corrected chi connectivity index (χ4v) is 2.28. The Morgan fingerprint density at radius 3 is 2.65 bits per heavy atom. The lowest BCUT2D eigenvalue weighted by molar-refractivity contribution is 0.102. The van der Waals surface area contributed by atoms with Crippen molar-refractivity contribution in [2.24, 2.45) is 0 Å². The maximum Gasteiger partial charge on any atom is 0.247 e. The van der Waals surface area contributed by atoms with Crippen molar-refractivity contribution in [2.75, 3.05) is 14.2 Å². The molecule has 20 heavy (non-hydrogen) atoms. The molecule has 0 aliphatic rings. The van der Waals surface area contributed by atoms with Gasteiger partial charge in [-0.2, -0.15) is 4.98 Å². The van der Waals surface area contributed by atoms with Crippen LogP contribution < -0.4 is 9.47 Å². The van der Waals surface area contributed by atoms with Gasteiger partial charge in [-0.3, -0.25) is 4.79 Å². The molecular formula is C13H10FIN2O3. The van der Waals surface area contributed by atoms with Crippen molar-refractivity contribution >= 4 is 28.4 Å². The quantitative estimate of drug-likeness (QED) is 0.595. The zero-order chi connectivity index (χ0) is 14.7. The monoisotopic (exact) mass is 388 g/mol. The third-order valence-corrected chi connectivity index (χ3v) is 3.40. The highest BCUT2D eigenvalue weighted by Crippen LogP contribution is 2.23. The number of ether oxygens (including phenoxy) is 2. The molecule has 0 radical (unpaired) electrons. The van der Waals surface area contributed by atoms with Gasteiger partial charge in [-0.25, -0.2) is 9.37 Å². The minimum absolute atomic E-state index is 0.0535. The number of carbonyl (C=O) groups excluding carboxylic acids is 1. The van der Waals surface area contributed by atoms with E-state index in [0.29, 0.717) is 9.13 Å². The van der Waals surface area contributed by atoms with E-state index in [1.54, 1.807) is 0 Å². The number of benzene rings is 1. The minimum Gasteiger partial charge on any atom is -0.480 e. The Bertz CT molecular complexity index is 664. The Labute approximate surface area is 128 Å². The molecule has 0 saturated heterocycles. The van der Waals surface area contributed by atoms with Gasteiger partial charge in [0.1, 0.15) is 5.82 Å². The van der Waals surface area contributed by atoms with Gasteiger partial charge in [-0.05, 0) is 40.8 Å². The zero-order valence-corrected chi connectivity index (χ0v) is 12.8. The Morgan fingerprint density at radius 2 is 2.05 bits per heavy atom. The van der Waals surface area contributed by atoms with Gasteiger partial charge in [0.05, 0.1) is 20.4 Å². The number of ketones is 1. The first-order chi connectivity index (χ1) is 9.56. The zero-order valence-electron chi connectivity index (χ0n) is 10.7. The predicted octanol–water partition coefficient (Wildman–Crippen LogP) is 2.47. The Hall–Kier alpha value is -1.77. The molecule has 5 nitrogen and oxygen atoms in total. The Morgan fingerprint density at radius 1 is 1.30 bits per heavy atom. The van der Waals surface area contributed by atoms with Gasteiger partial charge in [0.2, 0.25) is 17.5 Å². The first-order valence-electron chi connectivity index (χ1n) is 5.51. The van der Waals surface area contributed by atoms with Gasteiger partial charge < -0.3 is 9.47 Å². The van der Waals surface area contributed by atoms with Crippen molar-refractivity contribution in [3.05, 3.63) is 45.0 Å². The van der Waals surface area contributed by atoms with Crippen LogP contribution in [-0.2, 0) is 0 Å². The summed E-state index contributed by atoms with van der Waals surface area (Å²) in [6.45, 7) is 0. The summed E-state index contributed by atoms with van der Waals surface area (Å²) in [6.07, 6.45) is 1.33. The maximum atomic E-state index is 13.1. The van der Waals surface area contributed by atoms with E-state index in [-0.39, 0.29) is 23.2 Å². The summed E-state index contributed by atoms with van der Waals surface area (Å²) in [5, 5.41) is 0. The lowest BCUT2D eigenvalue weighted by atomic mass is 10.1. The Kier molecular flexibility index (Phi) is 4.48. The molecule has 0 saturated carbocycles. The van der Waals surface area contributed by atoms with Crippen molar-refractivity contribution in [1.82, 2.24) is 9.97 Å². The molecule has 0 spiro atoms. The van der Waals surface area contributed by atoms with Gasteiger partial charge in [-0.15, -0.1) is 0 Å². The van der Waals surface area contributed by atoms with E-state index in [9.17, 15) is 9.18 Å². The van der Waals surface area contributed by atoms with E-state index in [0.717, 1.165) is 0 Å². The number of nitrogens with zero attached hydrogens (tertiary/aromatic N) is 2. The lowest BCUT2D eigenvalue weighted by Crippen LogP contribution is -2.10. The molecule has 1 aromatic heterocycles. The van der Waals surface area contributed by atoms with Crippen LogP contribution in [0.2, 0.25) is 0 Å². The highest BCUT2D eigenvalue weighted by atomic mass is 127. The summed E-state index contributed by atoms with van der Waals surface area (Å²) >= 11 is 1.89. The van der Waals surface area contributed by atoms with E-state index in [1.165, 1.54) is 38.6 Å². The average molecular weight is 388 g/mol. The van der Waals surface area contributed by atoms with Gasteiger partial charge in [-0.1, -0.05) is 0 Å². The number of hydrogen-bond donors (Lipinski definition) is 0. The molecule has 0 amide bonds. The molecule has 2 rings (SSSR count). The molecule has 1 aromatic carbocycles. The summed E-state index contributed by atoms with van der Waals surface area (Å²) in [4.78, 5) is 20.4. The summed E-state index contributed by atoms with van der Waals surface area (Å²) in [6, 6.07) is 3.90. The molecule has 0 N–H and O–H groups in total. The van der Waals surface area contributed by atoms with Crippen LogP contribution in [-0.4, -0.2) is 30.0 Å². The van der Waals surface area contributed by atoms with Crippen molar-refractivity contribution in [3.8, 4) is 11.8 Å². The fraction of sp³-hybridized carbons (Fsp3) is 0.154. The average Bonchev–Trinajstić information content (AvgIpc) is 2.46. The van der Waals surface area contributed by atoms with Crippen LogP contribution in [0.15, 0.2) is 24.4 Å². The van der Waals surface area contributed by atoms with Crippen LogP contribution in [0.4, 0.5) is 4.39 Å². The van der Waals surface area contributed by atoms with Crippen LogP contribution in [0.3, 0.4) is 0 Å². The fourth-order valence-electron chi connectivity index (χ4n) is 1.55. The van der Waals surface area contributed by atoms with Crippen molar-refractivity contribution < 1.29 is 18.7 Å². The van der Waals surface area contributed by atoms with E-state index >= 15 is 0 Å². The smallest absolute Gasteiger partial charge is 0.247 e.